The van der Waals surface area contributed by atoms with E-state index < -0.39 is 0 Å². The lowest BCUT2D eigenvalue weighted by atomic mass is 10.0. The maximum absolute atomic E-state index is 11.9. The molecule has 0 spiro atoms. The lowest BCUT2D eigenvalue weighted by Crippen LogP contribution is -2.47. The second kappa shape index (κ2) is 8.28. The molecule has 1 fully saturated rings. The Bertz CT molecular complexity index is 422. The molecular weight excluding hydrogens is 272 g/mol. The first-order valence-corrected chi connectivity index (χ1v) is 7.23. The fourth-order valence-electron chi connectivity index (χ4n) is 2.74. The van der Waals surface area contributed by atoms with Gasteiger partial charge in [0, 0.05) is 6.54 Å². The van der Waals surface area contributed by atoms with E-state index in [4.69, 9.17) is 0 Å². The van der Waals surface area contributed by atoms with Crippen LogP contribution in [0.4, 0.5) is 0 Å². The number of halogens is 1. The standard InChI is InChI=1S/C16H24N2O.ClH/c1-12-9-13(2)11-14(10-12)6-8-18-16(19)15-5-3-4-7-17-15;/h9-11,15,17H,3-8H2,1-2H3,(H,18,19);1H. The molecule has 2 rings (SSSR count). The van der Waals surface area contributed by atoms with Gasteiger partial charge in [-0.15, -0.1) is 12.4 Å². The van der Waals surface area contributed by atoms with Gasteiger partial charge in [-0.1, -0.05) is 35.7 Å². The van der Waals surface area contributed by atoms with Gasteiger partial charge in [-0.2, -0.15) is 0 Å². The molecule has 1 amide bonds. The predicted molar refractivity (Wildman–Crippen MR) is 85.5 cm³/mol. The first-order chi connectivity index (χ1) is 9.15. The number of benzene rings is 1. The Hall–Kier alpha value is -1.06. The molecule has 1 saturated heterocycles. The molecule has 20 heavy (non-hydrogen) atoms. The van der Waals surface area contributed by atoms with E-state index in [0.29, 0.717) is 0 Å². The summed E-state index contributed by atoms with van der Waals surface area (Å²) in [5.41, 5.74) is 3.87. The van der Waals surface area contributed by atoms with Crippen LogP contribution < -0.4 is 10.6 Å². The van der Waals surface area contributed by atoms with Crippen molar-refractivity contribution < 1.29 is 4.79 Å². The van der Waals surface area contributed by atoms with E-state index in [2.05, 4.69) is 42.7 Å². The molecule has 0 aliphatic carbocycles. The number of carbonyl (C=O) groups excluding carboxylic acids is 1. The highest BCUT2D eigenvalue weighted by Crippen LogP contribution is 2.09. The van der Waals surface area contributed by atoms with Gasteiger partial charge in [0.15, 0.2) is 0 Å². The van der Waals surface area contributed by atoms with Gasteiger partial charge in [0.05, 0.1) is 6.04 Å². The molecule has 1 aliphatic rings. The molecule has 1 unspecified atom stereocenters. The Balaban J connectivity index is 0.00000200. The van der Waals surface area contributed by atoms with Crippen LogP contribution in [0.5, 0.6) is 0 Å². The van der Waals surface area contributed by atoms with Crippen molar-refractivity contribution in [2.45, 2.75) is 45.6 Å². The van der Waals surface area contributed by atoms with E-state index in [-0.39, 0.29) is 24.4 Å². The van der Waals surface area contributed by atoms with Crippen molar-refractivity contribution in [1.29, 1.82) is 0 Å². The van der Waals surface area contributed by atoms with E-state index in [1.165, 1.54) is 23.1 Å². The Morgan fingerprint density at radius 3 is 2.55 bits per heavy atom. The van der Waals surface area contributed by atoms with Crippen molar-refractivity contribution in [2.24, 2.45) is 0 Å². The molecule has 1 aliphatic heterocycles. The molecule has 0 bridgehead atoms. The van der Waals surface area contributed by atoms with Crippen LogP contribution in [0.25, 0.3) is 0 Å². The first kappa shape index (κ1) is 17.0. The summed E-state index contributed by atoms with van der Waals surface area (Å²) in [6, 6.07) is 6.58. The molecule has 0 radical (unpaired) electrons. The Morgan fingerprint density at radius 1 is 1.25 bits per heavy atom. The van der Waals surface area contributed by atoms with Crippen LogP contribution in [0.2, 0.25) is 0 Å². The maximum Gasteiger partial charge on any atom is 0.237 e. The molecule has 3 nitrogen and oxygen atoms in total. The summed E-state index contributed by atoms with van der Waals surface area (Å²) in [5, 5.41) is 6.31. The Labute approximate surface area is 127 Å². The normalized spacial score (nSPS) is 18.2. The minimum atomic E-state index is 0. The molecular formula is C16H25ClN2O. The Morgan fingerprint density at radius 2 is 1.95 bits per heavy atom. The quantitative estimate of drug-likeness (QED) is 0.896. The summed E-state index contributed by atoms with van der Waals surface area (Å²) >= 11 is 0. The largest absolute Gasteiger partial charge is 0.354 e. The molecule has 112 valence electrons. The summed E-state index contributed by atoms with van der Waals surface area (Å²) < 4.78 is 0. The summed E-state index contributed by atoms with van der Waals surface area (Å²) in [6.07, 6.45) is 4.21. The van der Waals surface area contributed by atoms with Gasteiger partial charge >= 0.3 is 0 Å². The zero-order chi connectivity index (χ0) is 13.7. The third-order valence-electron chi connectivity index (χ3n) is 3.62. The van der Waals surface area contributed by atoms with Crippen molar-refractivity contribution >= 4 is 18.3 Å². The van der Waals surface area contributed by atoms with Gasteiger partial charge in [0.2, 0.25) is 5.91 Å². The van der Waals surface area contributed by atoms with Crippen molar-refractivity contribution in [3.8, 4) is 0 Å². The van der Waals surface area contributed by atoms with Gasteiger partial charge in [-0.3, -0.25) is 4.79 Å². The van der Waals surface area contributed by atoms with Gasteiger partial charge in [0.1, 0.15) is 0 Å². The average Bonchev–Trinajstić information content (AvgIpc) is 2.38. The lowest BCUT2D eigenvalue weighted by Gasteiger charge is -2.22. The Kier molecular flexibility index (Phi) is 7.03. The van der Waals surface area contributed by atoms with Crippen LogP contribution in [0.15, 0.2) is 18.2 Å². The highest BCUT2D eigenvalue weighted by atomic mass is 35.5. The summed E-state index contributed by atoms with van der Waals surface area (Å²) in [4.78, 5) is 11.9. The van der Waals surface area contributed by atoms with Crippen molar-refractivity contribution in [1.82, 2.24) is 10.6 Å². The second-order valence-corrected chi connectivity index (χ2v) is 5.54. The third kappa shape index (κ3) is 5.14. The van der Waals surface area contributed by atoms with Gasteiger partial charge < -0.3 is 10.6 Å². The van der Waals surface area contributed by atoms with Crippen LogP contribution >= 0.6 is 12.4 Å². The zero-order valence-electron chi connectivity index (χ0n) is 12.4. The number of amides is 1. The van der Waals surface area contributed by atoms with E-state index in [0.717, 1.165) is 32.4 Å². The van der Waals surface area contributed by atoms with Crippen LogP contribution in [-0.2, 0) is 11.2 Å². The monoisotopic (exact) mass is 296 g/mol. The molecule has 0 saturated carbocycles. The number of hydrogen-bond donors (Lipinski definition) is 2. The van der Waals surface area contributed by atoms with E-state index in [9.17, 15) is 4.79 Å². The fraction of sp³-hybridized carbons (Fsp3) is 0.562. The number of hydrogen-bond acceptors (Lipinski definition) is 2. The predicted octanol–water partition coefficient (Wildman–Crippen LogP) is 2.53. The van der Waals surface area contributed by atoms with Crippen LogP contribution in [0.3, 0.4) is 0 Å². The van der Waals surface area contributed by atoms with Gasteiger partial charge in [0.25, 0.3) is 0 Å². The van der Waals surface area contributed by atoms with Crippen LogP contribution in [-0.4, -0.2) is 25.0 Å². The van der Waals surface area contributed by atoms with Crippen molar-refractivity contribution in [3.63, 3.8) is 0 Å². The number of nitrogens with one attached hydrogen (secondary N) is 2. The number of piperidine rings is 1. The van der Waals surface area contributed by atoms with Crippen molar-refractivity contribution in [2.75, 3.05) is 13.1 Å². The molecule has 4 heteroatoms. The molecule has 2 N–H and O–H groups in total. The van der Waals surface area contributed by atoms with Gasteiger partial charge in [-0.05, 0) is 45.2 Å². The molecule has 1 aromatic rings. The summed E-state index contributed by atoms with van der Waals surface area (Å²) in [5.74, 6) is 0.157. The topological polar surface area (TPSA) is 41.1 Å². The fourth-order valence-corrected chi connectivity index (χ4v) is 2.74. The minimum Gasteiger partial charge on any atom is -0.354 e. The van der Waals surface area contributed by atoms with E-state index in [1.807, 2.05) is 0 Å². The molecule has 0 aromatic heterocycles. The second-order valence-electron chi connectivity index (χ2n) is 5.54. The first-order valence-electron chi connectivity index (χ1n) is 7.23. The molecule has 1 heterocycles. The number of carbonyl (C=O) groups is 1. The smallest absolute Gasteiger partial charge is 0.237 e. The number of aryl methyl sites for hydroxylation is 2. The zero-order valence-corrected chi connectivity index (χ0v) is 13.2. The van der Waals surface area contributed by atoms with Crippen LogP contribution in [0.1, 0.15) is 36.0 Å². The van der Waals surface area contributed by atoms with Crippen LogP contribution in [0, 0.1) is 13.8 Å². The SMILES string of the molecule is Cc1cc(C)cc(CCNC(=O)C2CCCCN2)c1.Cl. The highest BCUT2D eigenvalue weighted by molar-refractivity contribution is 5.85. The molecule has 1 aromatic carbocycles. The highest BCUT2D eigenvalue weighted by Gasteiger charge is 2.19. The van der Waals surface area contributed by atoms with Gasteiger partial charge in [-0.25, -0.2) is 0 Å². The van der Waals surface area contributed by atoms with E-state index in [1.54, 1.807) is 0 Å². The maximum atomic E-state index is 11.9. The minimum absolute atomic E-state index is 0. The number of rotatable bonds is 4. The summed E-state index contributed by atoms with van der Waals surface area (Å²) in [6.45, 7) is 5.91. The average molecular weight is 297 g/mol. The molecule has 1 atom stereocenters. The van der Waals surface area contributed by atoms with E-state index >= 15 is 0 Å². The summed E-state index contributed by atoms with van der Waals surface area (Å²) in [7, 11) is 0. The lowest BCUT2D eigenvalue weighted by molar-refractivity contribution is -0.123. The third-order valence-corrected chi connectivity index (χ3v) is 3.62. The van der Waals surface area contributed by atoms with Crippen molar-refractivity contribution in [3.05, 3.63) is 34.9 Å².